The van der Waals surface area contributed by atoms with Crippen LogP contribution < -0.4 is 0 Å². The number of hydrogen-bond donors (Lipinski definition) is 1. The van der Waals surface area contributed by atoms with Crippen molar-refractivity contribution in [3.63, 3.8) is 0 Å². The molecule has 0 radical (unpaired) electrons. The number of benzene rings is 1. The first-order chi connectivity index (χ1) is 7.18. The monoisotopic (exact) mass is 218 g/mol. The lowest BCUT2D eigenvalue weighted by Crippen LogP contribution is -1.97. The van der Waals surface area contributed by atoms with Gasteiger partial charge in [-0.3, -0.25) is 0 Å². The number of aliphatic hydroxyl groups is 1. The van der Waals surface area contributed by atoms with Crippen LogP contribution in [-0.2, 0) is 0 Å². The van der Waals surface area contributed by atoms with E-state index < -0.39 is 6.10 Å². The Balaban J connectivity index is 2.34. The van der Waals surface area contributed by atoms with Crippen molar-refractivity contribution < 1.29 is 5.11 Å². The Morgan fingerprint density at radius 3 is 2.53 bits per heavy atom. The van der Waals surface area contributed by atoms with Crippen LogP contribution in [0.25, 0.3) is 0 Å². The number of rotatable bonds is 2. The van der Waals surface area contributed by atoms with Gasteiger partial charge in [0.05, 0.1) is 0 Å². The molecule has 1 nitrogen and oxygen atoms in total. The van der Waals surface area contributed by atoms with Crippen molar-refractivity contribution in [2.45, 2.75) is 20.0 Å². The normalized spacial score (nSPS) is 12.7. The first kappa shape index (κ1) is 10.4. The summed E-state index contributed by atoms with van der Waals surface area (Å²) in [5.41, 5.74) is 3.46. The molecule has 0 aliphatic rings. The summed E-state index contributed by atoms with van der Waals surface area (Å²) in [6.45, 7) is 4.15. The van der Waals surface area contributed by atoms with E-state index in [0.29, 0.717) is 0 Å². The summed E-state index contributed by atoms with van der Waals surface area (Å²) >= 11 is 1.59. The number of hydrogen-bond acceptors (Lipinski definition) is 2. The molecule has 0 amide bonds. The summed E-state index contributed by atoms with van der Waals surface area (Å²) < 4.78 is 0. The lowest BCUT2D eigenvalue weighted by molar-refractivity contribution is 0.224. The summed E-state index contributed by atoms with van der Waals surface area (Å²) in [6, 6.07) is 10.0. The molecule has 0 saturated heterocycles. The van der Waals surface area contributed by atoms with Gasteiger partial charge < -0.3 is 5.11 Å². The van der Waals surface area contributed by atoms with Crippen molar-refractivity contribution in [1.29, 1.82) is 0 Å². The van der Waals surface area contributed by atoms with E-state index in [0.717, 1.165) is 10.4 Å². The molecule has 0 aliphatic carbocycles. The first-order valence-corrected chi connectivity index (χ1v) is 5.85. The van der Waals surface area contributed by atoms with Crippen molar-refractivity contribution in [3.8, 4) is 0 Å². The summed E-state index contributed by atoms with van der Waals surface area (Å²) in [6.07, 6.45) is -0.482. The molecule has 1 N–H and O–H groups in total. The predicted molar refractivity (Wildman–Crippen MR) is 64.3 cm³/mol. The molecular weight excluding hydrogens is 204 g/mol. The molecule has 1 aromatic heterocycles. The van der Waals surface area contributed by atoms with Gasteiger partial charge in [0.15, 0.2) is 0 Å². The van der Waals surface area contributed by atoms with Crippen LogP contribution >= 0.6 is 11.3 Å². The van der Waals surface area contributed by atoms with Crippen molar-refractivity contribution >= 4 is 11.3 Å². The van der Waals surface area contributed by atoms with Gasteiger partial charge in [-0.05, 0) is 42.0 Å². The molecule has 0 saturated carbocycles. The number of thiophene rings is 1. The maximum atomic E-state index is 10.1. The maximum Gasteiger partial charge on any atom is 0.113 e. The molecule has 1 aromatic carbocycles. The van der Waals surface area contributed by atoms with Gasteiger partial charge in [0.25, 0.3) is 0 Å². The quantitative estimate of drug-likeness (QED) is 0.818. The van der Waals surface area contributed by atoms with E-state index >= 15 is 0 Å². The van der Waals surface area contributed by atoms with Crippen molar-refractivity contribution in [2.24, 2.45) is 0 Å². The Labute approximate surface area is 94.0 Å². The fraction of sp³-hybridized carbons (Fsp3) is 0.231. The highest BCUT2D eigenvalue weighted by atomic mass is 32.1. The predicted octanol–water partition coefficient (Wildman–Crippen LogP) is 3.45. The van der Waals surface area contributed by atoms with Gasteiger partial charge in [-0.25, -0.2) is 0 Å². The van der Waals surface area contributed by atoms with Crippen molar-refractivity contribution in [3.05, 3.63) is 57.3 Å². The minimum absolute atomic E-state index is 0.482. The Morgan fingerprint density at radius 2 is 1.93 bits per heavy atom. The molecule has 1 heterocycles. The van der Waals surface area contributed by atoms with Gasteiger partial charge in [-0.2, -0.15) is 0 Å². The van der Waals surface area contributed by atoms with E-state index in [-0.39, 0.29) is 0 Å². The van der Waals surface area contributed by atoms with Gasteiger partial charge in [0.2, 0.25) is 0 Å². The van der Waals surface area contributed by atoms with E-state index in [4.69, 9.17) is 0 Å². The molecule has 15 heavy (non-hydrogen) atoms. The van der Waals surface area contributed by atoms with Crippen molar-refractivity contribution in [2.75, 3.05) is 0 Å². The van der Waals surface area contributed by atoms with E-state index in [2.05, 4.69) is 26.0 Å². The molecule has 0 spiro atoms. The molecule has 0 bridgehead atoms. The topological polar surface area (TPSA) is 20.2 Å². The molecule has 1 atom stereocenters. The zero-order valence-electron chi connectivity index (χ0n) is 8.90. The van der Waals surface area contributed by atoms with E-state index in [1.54, 1.807) is 11.3 Å². The SMILES string of the molecule is Cc1ccc([C@@H](O)c2cccs2)cc1C. The van der Waals surface area contributed by atoms with Crippen LogP contribution in [0.15, 0.2) is 35.7 Å². The zero-order chi connectivity index (χ0) is 10.8. The van der Waals surface area contributed by atoms with E-state index in [1.807, 2.05) is 23.6 Å². The molecule has 2 aromatic rings. The van der Waals surface area contributed by atoms with Crippen LogP contribution in [0.1, 0.15) is 27.7 Å². The van der Waals surface area contributed by atoms with Crippen LogP contribution in [-0.4, -0.2) is 5.11 Å². The van der Waals surface area contributed by atoms with Crippen LogP contribution in [0.4, 0.5) is 0 Å². The third-order valence-corrected chi connectivity index (χ3v) is 3.58. The summed E-state index contributed by atoms with van der Waals surface area (Å²) in [7, 11) is 0. The Kier molecular flexibility index (Phi) is 2.89. The van der Waals surface area contributed by atoms with E-state index in [1.165, 1.54) is 11.1 Å². The molecule has 0 aliphatic heterocycles. The van der Waals surface area contributed by atoms with Gasteiger partial charge in [0.1, 0.15) is 6.10 Å². The average Bonchev–Trinajstić information content (AvgIpc) is 2.74. The largest absolute Gasteiger partial charge is 0.383 e. The number of aliphatic hydroxyl groups excluding tert-OH is 1. The van der Waals surface area contributed by atoms with Crippen LogP contribution in [0.5, 0.6) is 0 Å². The second-order valence-electron chi connectivity index (χ2n) is 3.76. The lowest BCUT2D eigenvalue weighted by atomic mass is 10.0. The van der Waals surface area contributed by atoms with Gasteiger partial charge in [-0.1, -0.05) is 24.3 Å². The molecule has 78 valence electrons. The Hall–Kier alpha value is -1.12. The Bertz CT molecular complexity index is 446. The smallest absolute Gasteiger partial charge is 0.113 e. The molecule has 0 fully saturated rings. The van der Waals surface area contributed by atoms with Gasteiger partial charge in [-0.15, -0.1) is 11.3 Å². The average molecular weight is 218 g/mol. The van der Waals surface area contributed by atoms with Gasteiger partial charge in [0, 0.05) is 4.88 Å². The third kappa shape index (κ3) is 2.11. The summed E-state index contributed by atoms with van der Waals surface area (Å²) in [4.78, 5) is 0.998. The summed E-state index contributed by atoms with van der Waals surface area (Å²) in [5, 5.41) is 12.1. The third-order valence-electron chi connectivity index (χ3n) is 2.66. The Morgan fingerprint density at radius 1 is 1.13 bits per heavy atom. The van der Waals surface area contributed by atoms with Crippen LogP contribution in [0.3, 0.4) is 0 Å². The van der Waals surface area contributed by atoms with E-state index in [9.17, 15) is 5.11 Å². The zero-order valence-corrected chi connectivity index (χ0v) is 9.71. The van der Waals surface area contributed by atoms with Crippen LogP contribution in [0.2, 0.25) is 0 Å². The minimum Gasteiger partial charge on any atom is -0.383 e. The fourth-order valence-corrected chi connectivity index (χ4v) is 2.28. The summed E-state index contributed by atoms with van der Waals surface area (Å²) in [5.74, 6) is 0. The second kappa shape index (κ2) is 4.17. The van der Waals surface area contributed by atoms with Crippen molar-refractivity contribution in [1.82, 2.24) is 0 Å². The maximum absolute atomic E-state index is 10.1. The fourth-order valence-electron chi connectivity index (χ4n) is 1.55. The highest BCUT2D eigenvalue weighted by Gasteiger charge is 2.11. The minimum atomic E-state index is -0.482. The first-order valence-electron chi connectivity index (χ1n) is 4.97. The molecular formula is C13H14OS. The van der Waals surface area contributed by atoms with Gasteiger partial charge >= 0.3 is 0 Å². The molecule has 2 rings (SSSR count). The highest BCUT2D eigenvalue weighted by Crippen LogP contribution is 2.26. The molecule has 0 unspecified atom stereocenters. The number of aryl methyl sites for hydroxylation is 2. The lowest BCUT2D eigenvalue weighted by Gasteiger charge is -2.10. The van der Waals surface area contributed by atoms with Crippen LogP contribution in [0, 0.1) is 13.8 Å². The second-order valence-corrected chi connectivity index (χ2v) is 4.74. The highest BCUT2D eigenvalue weighted by molar-refractivity contribution is 7.10. The molecule has 2 heteroatoms. The standard InChI is InChI=1S/C13H14OS/c1-9-5-6-11(8-10(9)2)13(14)12-4-3-7-15-12/h3-8,13-14H,1-2H3/t13-/m1/s1.